The van der Waals surface area contributed by atoms with Crippen LogP contribution in [-0.2, 0) is 25.5 Å². The molecular weight excluding hydrogens is 340 g/mol. The summed E-state index contributed by atoms with van der Waals surface area (Å²) >= 11 is 0. The zero-order valence-electron chi connectivity index (χ0n) is 14.4. The van der Waals surface area contributed by atoms with Gasteiger partial charge in [0, 0.05) is 25.1 Å². The number of aryl methyl sites for hydroxylation is 1. The molecule has 8 heteroatoms. The van der Waals surface area contributed by atoms with Gasteiger partial charge in [-0.25, -0.2) is 4.79 Å². The van der Waals surface area contributed by atoms with Crippen LogP contribution in [0.15, 0.2) is 18.2 Å². The molecule has 0 bridgehead atoms. The Morgan fingerprint density at radius 1 is 1.35 bits per heavy atom. The van der Waals surface area contributed by atoms with Gasteiger partial charge in [-0.2, -0.15) is 0 Å². The van der Waals surface area contributed by atoms with E-state index in [0.717, 1.165) is 11.3 Å². The van der Waals surface area contributed by atoms with Crippen molar-refractivity contribution in [2.75, 3.05) is 31.6 Å². The lowest BCUT2D eigenvalue weighted by Crippen LogP contribution is -2.48. The van der Waals surface area contributed by atoms with Crippen LogP contribution in [0.3, 0.4) is 0 Å². The topological polar surface area (TPSA) is 105 Å². The molecule has 2 aliphatic heterocycles. The number of carbonyl (C=O) groups is 3. The van der Waals surface area contributed by atoms with Crippen LogP contribution in [0.4, 0.5) is 5.69 Å². The van der Waals surface area contributed by atoms with Crippen LogP contribution in [0.5, 0.6) is 5.75 Å². The molecule has 140 valence electrons. The summed E-state index contributed by atoms with van der Waals surface area (Å²) in [7, 11) is 0. The van der Waals surface area contributed by atoms with Crippen LogP contribution >= 0.6 is 0 Å². The number of amides is 2. The number of rotatable bonds is 6. The number of hydrogen-bond acceptors (Lipinski definition) is 5. The third-order valence-electron chi connectivity index (χ3n) is 4.47. The average molecular weight is 362 g/mol. The van der Waals surface area contributed by atoms with Gasteiger partial charge in [-0.15, -0.1) is 0 Å². The fraction of sp³-hybridized carbons (Fsp3) is 0.500. The van der Waals surface area contributed by atoms with Crippen molar-refractivity contribution in [3.05, 3.63) is 23.8 Å². The van der Waals surface area contributed by atoms with Gasteiger partial charge in [0.1, 0.15) is 5.75 Å². The van der Waals surface area contributed by atoms with Gasteiger partial charge < -0.3 is 24.8 Å². The molecule has 0 radical (unpaired) electrons. The lowest BCUT2D eigenvalue weighted by molar-refractivity contribution is -0.159. The molecule has 0 aromatic heterocycles. The maximum absolute atomic E-state index is 12.2. The summed E-state index contributed by atoms with van der Waals surface area (Å²) in [6.45, 7) is 1.14. The molecule has 2 aliphatic rings. The smallest absolute Gasteiger partial charge is 0.334 e. The van der Waals surface area contributed by atoms with Gasteiger partial charge in [-0.1, -0.05) is 0 Å². The monoisotopic (exact) mass is 362 g/mol. The number of aliphatic carboxylic acids is 1. The second-order valence-corrected chi connectivity index (χ2v) is 6.36. The highest BCUT2D eigenvalue weighted by molar-refractivity contribution is 5.94. The Labute approximate surface area is 151 Å². The SMILES string of the molecule is O=C1CCc2cc(OCCCC(=O)N3CCOC(C(=O)O)C3)ccc2N1. The Morgan fingerprint density at radius 2 is 2.19 bits per heavy atom. The van der Waals surface area contributed by atoms with Gasteiger partial charge in [-0.05, 0) is 36.6 Å². The Hall–Kier alpha value is -2.61. The number of nitrogens with one attached hydrogen (secondary N) is 1. The van der Waals surface area contributed by atoms with Crippen molar-refractivity contribution in [2.45, 2.75) is 31.8 Å². The van der Waals surface area contributed by atoms with Crippen molar-refractivity contribution in [3.8, 4) is 5.75 Å². The van der Waals surface area contributed by atoms with E-state index in [1.807, 2.05) is 12.1 Å². The lowest BCUT2D eigenvalue weighted by Gasteiger charge is -2.30. The van der Waals surface area contributed by atoms with Gasteiger partial charge in [0.15, 0.2) is 6.10 Å². The molecule has 0 spiro atoms. The van der Waals surface area contributed by atoms with E-state index in [9.17, 15) is 14.4 Å². The number of hydrogen-bond donors (Lipinski definition) is 2. The molecule has 2 heterocycles. The van der Waals surface area contributed by atoms with Gasteiger partial charge >= 0.3 is 5.97 Å². The normalized spacial score (nSPS) is 19.5. The summed E-state index contributed by atoms with van der Waals surface area (Å²) in [5.41, 5.74) is 1.87. The molecule has 1 atom stereocenters. The van der Waals surface area contributed by atoms with E-state index in [-0.39, 0.29) is 25.0 Å². The van der Waals surface area contributed by atoms with Crippen molar-refractivity contribution in [1.29, 1.82) is 0 Å². The number of anilines is 1. The summed E-state index contributed by atoms with van der Waals surface area (Å²) in [4.78, 5) is 36.0. The molecule has 1 fully saturated rings. The Morgan fingerprint density at radius 3 is 3.00 bits per heavy atom. The van der Waals surface area contributed by atoms with Crippen LogP contribution in [0.1, 0.15) is 24.8 Å². The minimum atomic E-state index is -1.05. The zero-order valence-corrected chi connectivity index (χ0v) is 14.4. The number of morpholine rings is 1. The van der Waals surface area contributed by atoms with E-state index in [0.29, 0.717) is 44.6 Å². The van der Waals surface area contributed by atoms with Crippen LogP contribution in [-0.4, -0.2) is 60.2 Å². The van der Waals surface area contributed by atoms with Gasteiger partial charge in [-0.3, -0.25) is 9.59 Å². The van der Waals surface area contributed by atoms with Crippen molar-refractivity contribution < 1.29 is 29.0 Å². The number of carbonyl (C=O) groups excluding carboxylic acids is 2. The highest BCUT2D eigenvalue weighted by atomic mass is 16.5. The van der Waals surface area contributed by atoms with Crippen molar-refractivity contribution >= 4 is 23.5 Å². The molecule has 26 heavy (non-hydrogen) atoms. The zero-order chi connectivity index (χ0) is 18.5. The molecule has 1 aromatic rings. The minimum Gasteiger partial charge on any atom is -0.494 e. The van der Waals surface area contributed by atoms with E-state index in [1.165, 1.54) is 4.90 Å². The molecule has 8 nitrogen and oxygen atoms in total. The third kappa shape index (κ3) is 4.51. The molecule has 1 saturated heterocycles. The molecule has 1 unspecified atom stereocenters. The number of carboxylic acids is 1. The number of benzene rings is 1. The third-order valence-corrected chi connectivity index (χ3v) is 4.47. The molecular formula is C18H22N2O6. The van der Waals surface area contributed by atoms with Crippen LogP contribution in [0.25, 0.3) is 0 Å². The molecule has 2 amide bonds. The Kier molecular flexibility index (Phi) is 5.72. The van der Waals surface area contributed by atoms with Gasteiger partial charge in [0.25, 0.3) is 0 Å². The summed E-state index contributed by atoms with van der Waals surface area (Å²) in [6, 6.07) is 5.54. The van der Waals surface area contributed by atoms with Crippen molar-refractivity contribution in [1.82, 2.24) is 4.90 Å². The number of ether oxygens (including phenoxy) is 2. The van der Waals surface area contributed by atoms with E-state index < -0.39 is 12.1 Å². The van der Waals surface area contributed by atoms with Crippen molar-refractivity contribution in [2.24, 2.45) is 0 Å². The Balaban J connectivity index is 1.42. The number of fused-ring (bicyclic) bond motifs is 1. The maximum atomic E-state index is 12.2. The van der Waals surface area contributed by atoms with Crippen molar-refractivity contribution in [3.63, 3.8) is 0 Å². The summed E-state index contributed by atoms with van der Waals surface area (Å²) < 4.78 is 10.8. The predicted octanol–water partition coefficient (Wildman–Crippen LogP) is 1.04. The molecule has 2 N–H and O–H groups in total. The fourth-order valence-corrected chi connectivity index (χ4v) is 3.05. The highest BCUT2D eigenvalue weighted by Gasteiger charge is 2.28. The van der Waals surface area contributed by atoms with Crippen LogP contribution in [0, 0.1) is 0 Å². The fourth-order valence-electron chi connectivity index (χ4n) is 3.05. The van der Waals surface area contributed by atoms with E-state index >= 15 is 0 Å². The first kappa shape index (κ1) is 18.2. The van der Waals surface area contributed by atoms with E-state index in [4.69, 9.17) is 14.6 Å². The van der Waals surface area contributed by atoms with Crippen LogP contribution in [0.2, 0.25) is 0 Å². The largest absolute Gasteiger partial charge is 0.494 e. The standard InChI is InChI=1S/C18H22N2O6/c21-16-6-3-12-10-13(4-5-14(12)19-16)25-8-1-2-17(22)20-7-9-26-15(11-20)18(23)24/h4-5,10,15H,1-3,6-9,11H2,(H,19,21)(H,23,24). The summed E-state index contributed by atoms with van der Waals surface area (Å²) in [5.74, 6) is -0.395. The number of nitrogens with zero attached hydrogens (tertiary/aromatic N) is 1. The quantitative estimate of drug-likeness (QED) is 0.733. The second-order valence-electron chi connectivity index (χ2n) is 6.36. The van der Waals surface area contributed by atoms with E-state index in [1.54, 1.807) is 6.07 Å². The minimum absolute atomic E-state index is 0.0259. The second kappa shape index (κ2) is 8.18. The first-order valence-electron chi connectivity index (χ1n) is 8.70. The maximum Gasteiger partial charge on any atom is 0.334 e. The molecule has 0 aliphatic carbocycles. The van der Waals surface area contributed by atoms with Gasteiger partial charge in [0.05, 0.1) is 19.8 Å². The lowest BCUT2D eigenvalue weighted by atomic mass is 10.0. The Bertz CT molecular complexity index is 705. The predicted molar refractivity (Wildman–Crippen MR) is 92.1 cm³/mol. The molecule has 1 aromatic carbocycles. The summed E-state index contributed by atoms with van der Waals surface area (Å²) in [6.07, 6.45) is 1.06. The highest BCUT2D eigenvalue weighted by Crippen LogP contribution is 2.26. The van der Waals surface area contributed by atoms with E-state index in [2.05, 4.69) is 5.32 Å². The first-order valence-corrected chi connectivity index (χ1v) is 8.70. The van der Waals surface area contributed by atoms with Gasteiger partial charge in [0.2, 0.25) is 11.8 Å². The number of carboxylic acid groups (broad SMARTS) is 1. The van der Waals surface area contributed by atoms with Crippen LogP contribution < -0.4 is 10.1 Å². The first-order chi connectivity index (χ1) is 12.5. The molecule has 3 rings (SSSR count). The average Bonchev–Trinajstić information content (AvgIpc) is 2.65. The summed E-state index contributed by atoms with van der Waals surface area (Å²) in [5, 5.41) is 11.8. The molecule has 0 saturated carbocycles.